The third-order valence-electron chi connectivity index (χ3n) is 6.53. The summed E-state index contributed by atoms with van der Waals surface area (Å²) in [5, 5.41) is 14.9. The molecule has 0 radical (unpaired) electrons. The van der Waals surface area contributed by atoms with Gasteiger partial charge in [0.05, 0.1) is 31.7 Å². The van der Waals surface area contributed by atoms with E-state index in [1.165, 1.54) is 6.07 Å². The lowest BCUT2D eigenvalue weighted by atomic mass is 10.1. The number of aliphatic carboxylic acids is 1. The lowest BCUT2D eigenvalue weighted by Gasteiger charge is -2.29. The van der Waals surface area contributed by atoms with E-state index in [1.54, 1.807) is 48.7 Å². The van der Waals surface area contributed by atoms with Crippen LogP contribution in [-0.2, 0) is 9.53 Å². The molecule has 16 heteroatoms. The van der Waals surface area contributed by atoms with Crippen molar-refractivity contribution in [2.75, 3.05) is 43.6 Å². The van der Waals surface area contributed by atoms with Crippen LogP contribution in [-0.4, -0.2) is 80.4 Å². The molecule has 0 amide bonds. The Kier molecular flexibility index (Phi) is 9.66. The maximum absolute atomic E-state index is 14.5. The predicted molar refractivity (Wildman–Crippen MR) is 159 cm³/mol. The molecule has 238 valence electrons. The number of carboxylic acids is 1. The number of ether oxygens (including phenoxy) is 2. The first-order valence-corrected chi connectivity index (χ1v) is 13.7. The quantitative estimate of drug-likeness (QED) is 0.229. The van der Waals surface area contributed by atoms with Crippen LogP contribution in [0.15, 0.2) is 79.4 Å². The van der Waals surface area contributed by atoms with Gasteiger partial charge in [0.2, 0.25) is 11.8 Å². The maximum Gasteiger partial charge on any atom is 0.490 e. The van der Waals surface area contributed by atoms with Gasteiger partial charge in [0.1, 0.15) is 17.9 Å². The number of alkyl halides is 3. The zero-order valence-electron chi connectivity index (χ0n) is 24.1. The van der Waals surface area contributed by atoms with E-state index in [0.29, 0.717) is 47.7 Å². The highest BCUT2D eigenvalue weighted by Crippen LogP contribution is 2.28. The summed E-state index contributed by atoms with van der Waals surface area (Å²) in [6.07, 6.45) is -0.128. The first-order chi connectivity index (χ1) is 22.1. The Hall–Kier alpha value is -5.64. The zero-order chi connectivity index (χ0) is 32.7. The molecule has 1 fully saturated rings. The van der Waals surface area contributed by atoms with Crippen molar-refractivity contribution in [3.63, 3.8) is 0 Å². The van der Waals surface area contributed by atoms with Gasteiger partial charge in [-0.05, 0) is 60.7 Å². The second kappa shape index (κ2) is 14.0. The molecule has 0 atom stereocenters. The smallest absolute Gasteiger partial charge is 0.490 e. The van der Waals surface area contributed by atoms with Crippen molar-refractivity contribution in [3.05, 3.63) is 85.2 Å². The summed E-state index contributed by atoms with van der Waals surface area (Å²) in [6.45, 7) is 2.71. The van der Waals surface area contributed by atoms with Crippen LogP contribution in [0.4, 0.5) is 34.9 Å². The van der Waals surface area contributed by atoms with Gasteiger partial charge in [0.15, 0.2) is 5.69 Å². The lowest BCUT2D eigenvalue weighted by Crippen LogP contribution is -2.36. The zero-order valence-corrected chi connectivity index (χ0v) is 24.1. The summed E-state index contributed by atoms with van der Waals surface area (Å²) >= 11 is 0. The molecule has 46 heavy (non-hydrogen) atoms. The number of halogens is 4. The average molecular weight is 639 g/mol. The number of nitrogens with zero attached hydrogens (tertiary/aromatic N) is 7. The average Bonchev–Trinajstić information content (AvgIpc) is 3.55. The Morgan fingerprint density at radius 1 is 0.978 bits per heavy atom. The number of rotatable bonds is 7. The van der Waals surface area contributed by atoms with E-state index in [0.717, 1.165) is 30.2 Å². The number of benzene rings is 2. The Labute approximate surface area is 259 Å². The molecule has 2 N–H and O–H groups in total. The SMILES string of the molecule is COc1cccnc1-c1ncn(-c2ccc(Nc3nccc(-c4cc(F)cc(N5CCOCC5)c4)n3)cc2)n1.O=C(O)C(F)(F)F. The third kappa shape index (κ3) is 7.89. The second-order valence-electron chi connectivity index (χ2n) is 9.60. The van der Waals surface area contributed by atoms with E-state index in [-0.39, 0.29) is 5.82 Å². The minimum Gasteiger partial charge on any atom is -0.494 e. The summed E-state index contributed by atoms with van der Waals surface area (Å²) in [4.78, 5) is 28.7. The standard InChI is InChI=1S/C28H25FN8O2.C2HF3O2/c1-38-25-3-2-9-30-26(25)27-32-18-37(35-27)22-6-4-21(5-7-22)33-28-31-10-8-24(34-28)19-15-20(29)17-23(16-19)36-11-13-39-14-12-36;3-2(4,5)1(6)7/h2-10,15-18H,11-14H2,1H3,(H,31,33,34);(H,6,7). The minimum atomic E-state index is -5.08. The summed E-state index contributed by atoms with van der Waals surface area (Å²) < 4.78 is 58.7. The Morgan fingerprint density at radius 3 is 2.41 bits per heavy atom. The van der Waals surface area contributed by atoms with Gasteiger partial charge < -0.3 is 24.8 Å². The van der Waals surface area contributed by atoms with Gasteiger partial charge in [0, 0.05) is 42.4 Å². The predicted octanol–water partition coefficient (Wildman–Crippen LogP) is 5.15. The van der Waals surface area contributed by atoms with Crippen LogP contribution in [0.2, 0.25) is 0 Å². The number of aromatic nitrogens is 6. The monoisotopic (exact) mass is 638 g/mol. The fourth-order valence-electron chi connectivity index (χ4n) is 4.35. The summed E-state index contributed by atoms with van der Waals surface area (Å²) in [6, 6.07) is 18.0. The van der Waals surface area contributed by atoms with Gasteiger partial charge in [-0.15, -0.1) is 5.10 Å². The molecule has 0 saturated carbocycles. The number of hydrogen-bond acceptors (Lipinski definition) is 10. The number of pyridine rings is 1. The van der Waals surface area contributed by atoms with Crippen molar-refractivity contribution in [1.82, 2.24) is 29.7 Å². The van der Waals surface area contributed by atoms with E-state index in [9.17, 15) is 17.6 Å². The molecule has 2 aromatic carbocycles. The molecule has 1 saturated heterocycles. The van der Waals surface area contributed by atoms with Crippen LogP contribution in [0.25, 0.3) is 28.5 Å². The van der Waals surface area contributed by atoms with Gasteiger partial charge in [-0.1, -0.05) is 0 Å². The number of hydrogen-bond donors (Lipinski definition) is 2. The van der Waals surface area contributed by atoms with E-state index in [2.05, 4.69) is 35.3 Å². The summed E-state index contributed by atoms with van der Waals surface area (Å²) in [7, 11) is 1.59. The number of carboxylic acid groups (broad SMARTS) is 1. The number of carbonyl (C=O) groups is 1. The lowest BCUT2D eigenvalue weighted by molar-refractivity contribution is -0.192. The molecule has 0 aliphatic carbocycles. The van der Waals surface area contributed by atoms with Crippen molar-refractivity contribution < 1.29 is 36.9 Å². The Bertz CT molecular complexity index is 1790. The first-order valence-electron chi connectivity index (χ1n) is 13.7. The van der Waals surface area contributed by atoms with Crippen LogP contribution in [0.5, 0.6) is 5.75 Å². The number of anilines is 3. The molecule has 5 aromatic rings. The second-order valence-corrected chi connectivity index (χ2v) is 9.60. The van der Waals surface area contributed by atoms with Gasteiger partial charge in [-0.25, -0.2) is 33.8 Å². The minimum absolute atomic E-state index is 0.310. The highest BCUT2D eigenvalue weighted by Gasteiger charge is 2.38. The largest absolute Gasteiger partial charge is 0.494 e. The highest BCUT2D eigenvalue weighted by molar-refractivity contribution is 5.73. The number of nitrogens with one attached hydrogen (secondary N) is 1. The van der Waals surface area contributed by atoms with Crippen LogP contribution < -0.4 is 15.0 Å². The van der Waals surface area contributed by atoms with Crippen molar-refractivity contribution in [3.8, 4) is 34.2 Å². The first kappa shape index (κ1) is 31.8. The van der Waals surface area contributed by atoms with Gasteiger partial charge in [-0.3, -0.25) is 0 Å². The number of morpholine rings is 1. The van der Waals surface area contributed by atoms with Crippen LogP contribution in [0.3, 0.4) is 0 Å². The van der Waals surface area contributed by atoms with Crippen molar-refractivity contribution in [2.45, 2.75) is 6.18 Å². The van der Waals surface area contributed by atoms with Crippen molar-refractivity contribution in [2.24, 2.45) is 0 Å². The normalized spacial score (nSPS) is 13.0. The highest BCUT2D eigenvalue weighted by atomic mass is 19.4. The maximum atomic E-state index is 14.5. The Morgan fingerprint density at radius 2 is 1.72 bits per heavy atom. The van der Waals surface area contributed by atoms with Gasteiger partial charge >= 0.3 is 12.1 Å². The number of methoxy groups -OCH3 is 1. The van der Waals surface area contributed by atoms with E-state index >= 15 is 0 Å². The third-order valence-corrected chi connectivity index (χ3v) is 6.53. The molecule has 1 aliphatic heterocycles. The molecule has 0 spiro atoms. The molecule has 0 bridgehead atoms. The van der Waals surface area contributed by atoms with E-state index in [4.69, 9.17) is 19.4 Å². The molecule has 6 rings (SSSR count). The molecule has 3 aromatic heterocycles. The summed E-state index contributed by atoms with van der Waals surface area (Å²) in [5.74, 6) is -1.59. The Balaban J connectivity index is 0.000000537. The fourth-order valence-corrected chi connectivity index (χ4v) is 4.35. The van der Waals surface area contributed by atoms with Gasteiger partial charge in [0.25, 0.3) is 0 Å². The van der Waals surface area contributed by atoms with E-state index < -0.39 is 12.1 Å². The van der Waals surface area contributed by atoms with Crippen molar-refractivity contribution >= 4 is 23.3 Å². The van der Waals surface area contributed by atoms with E-state index in [1.807, 2.05) is 36.4 Å². The van der Waals surface area contributed by atoms with Crippen molar-refractivity contribution in [1.29, 1.82) is 0 Å². The molecule has 0 unspecified atom stereocenters. The van der Waals surface area contributed by atoms with Crippen LogP contribution >= 0.6 is 0 Å². The van der Waals surface area contributed by atoms with Crippen LogP contribution in [0.1, 0.15) is 0 Å². The molecular weight excluding hydrogens is 612 g/mol. The summed E-state index contributed by atoms with van der Waals surface area (Å²) in [5.41, 5.74) is 4.30. The topological polar surface area (TPSA) is 140 Å². The molecule has 12 nitrogen and oxygen atoms in total. The molecule has 1 aliphatic rings. The molecule has 4 heterocycles. The van der Waals surface area contributed by atoms with Crippen LogP contribution in [0, 0.1) is 5.82 Å². The van der Waals surface area contributed by atoms with Gasteiger partial charge in [-0.2, -0.15) is 13.2 Å². The molecular formula is C30H26F4N8O4. The fraction of sp³-hybridized carbons (Fsp3) is 0.200.